The minimum absolute atomic E-state index is 0.0247. The third kappa shape index (κ3) is 2.80. The molecule has 1 aromatic rings. The van der Waals surface area contributed by atoms with Crippen molar-refractivity contribution in [2.24, 2.45) is 17.3 Å². The Morgan fingerprint density at radius 3 is 2.60 bits per heavy atom. The number of hydrogen-bond acceptors (Lipinski definition) is 4. The molecule has 1 heterocycles. The zero-order valence-electron chi connectivity index (χ0n) is 16.0. The van der Waals surface area contributed by atoms with E-state index in [1.54, 1.807) is 0 Å². The number of rotatable bonds is 3. The van der Waals surface area contributed by atoms with E-state index in [-0.39, 0.29) is 45.7 Å². The Balaban J connectivity index is 2.16. The SMILES string of the molecule is CC[C@@H](C)C(=O)c1c(O)cc(O)c2c1O[C@]1(C)CCCC(C)(C)[C@H]1C2. The number of hydrogen-bond donors (Lipinski definition) is 2. The highest BCUT2D eigenvalue weighted by atomic mass is 16.5. The summed E-state index contributed by atoms with van der Waals surface area (Å²) in [6.07, 6.45) is 4.50. The number of benzene rings is 1. The van der Waals surface area contributed by atoms with Crippen molar-refractivity contribution in [2.45, 2.75) is 72.3 Å². The Bertz CT molecular complexity index is 706. The molecule has 0 saturated heterocycles. The average molecular weight is 346 g/mol. The summed E-state index contributed by atoms with van der Waals surface area (Å²) in [4.78, 5) is 12.8. The van der Waals surface area contributed by atoms with Crippen LogP contribution in [0.5, 0.6) is 17.2 Å². The van der Waals surface area contributed by atoms with Crippen LogP contribution >= 0.6 is 0 Å². The Morgan fingerprint density at radius 2 is 1.96 bits per heavy atom. The first-order chi connectivity index (χ1) is 11.6. The molecule has 3 rings (SSSR count). The van der Waals surface area contributed by atoms with Gasteiger partial charge in [-0.15, -0.1) is 0 Å². The number of phenols is 2. The van der Waals surface area contributed by atoms with E-state index in [0.717, 1.165) is 19.3 Å². The molecule has 0 radical (unpaired) electrons. The molecule has 1 fully saturated rings. The summed E-state index contributed by atoms with van der Waals surface area (Å²) in [6, 6.07) is 1.30. The lowest BCUT2D eigenvalue weighted by Gasteiger charge is -2.53. The van der Waals surface area contributed by atoms with Crippen LogP contribution in [0.2, 0.25) is 0 Å². The second kappa shape index (κ2) is 5.93. The van der Waals surface area contributed by atoms with Crippen molar-refractivity contribution >= 4 is 5.78 Å². The molecule has 2 N–H and O–H groups in total. The maximum Gasteiger partial charge on any atom is 0.173 e. The summed E-state index contributed by atoms with van der Waals surface area (Å²) in [6.45, 7) is 10.4. The van der Waals surface area contributed by atoms with Crippen LogP contribution in [0.1, 0.15) is 76.2 Å². The van der Waals surface area contributed by atoms with Crippen LogP contribution in [0.3, 0.4) is 0 Å². The topological polar surface area (TPSA) is 66.8 Å². The van der Waals surface area contributed by atoms with E-state index in [1.807, 2.05) is 13.8 Å². The van der Waals surface area contributed by atoms with Crippen LogP contribution in [0.25, 0.3) is 0 Å². The Morgan fingerprint density at radius 1 is 1.28 bits per heavy atom. The van der Waals surface area contributed by atoms with Gasteiger partial charge < -0.3 is 14.9 Å². The van der Waals surface area contributed by atoms with Crippen LogP contribution in [0, 0.1) is 17.3 Å². The molecule has 0 bridgehead atoms. The number of carbonyl (C=O) groups excluding carboxylic acids is 1. The van der Waals surface area contributed by atoms with Gasteiger partial charge in [0.2, 0.25) is 0 Å². The first kappa shape index (κ1) is 18.1. The maximum atomic E-state index is 12.8. The van der Waals surface area contributed by atoms with Gasteiger partial charge in [-0.25, -0.2) is 0 Å². The summed E-state index contributed by atoms with van der Waals surface area (Å²) in [7, 11) is 0. The van der Waals surface area contributed by atoms with Gasteiger partial charge in [0.15, 0.2) is 5.78 Å². The molecule has 3 atom stereocenters. The lowest BCUT2D eigenvalue weighted by atomic mass is 9.59. The molecule has 0 unspecified atom stereocenters. The van der Waals surface area contributed by atoms with Crippen LogP contribution in [0.4, 0.5) is 0 Å². The number of ketones is 1. The minimum atomic E-state index is -0.376. The lowest BCUT2D eigenvalue weighted by molar-refractivity contribution is -0.0823. The zero-order chi connectivity index (χ0) is 18.6. The normalized spacial score (nSPS) is 28.4. The molecule has 0 amide bonds. The van der Waals surface area contributed by atoms with Crippen LogP contribution in [-0.2, 0) is 6.42 Å². The molecule has 0 spiro atoms. The number of aromatic hydroxyl groups is 2. The molecule has 138 valence electrons. The standard InChI is InChI=1S/C21H30O4/c1-6-12(2)18(24)17-15(23)11-14(22)13-10-16-20(3,4)8-7-9-21(16,5)25-19(13)17/h11-12,16,22-23H,6-10H2,1-5H3/t12-,16-,21-/m1/s1. The van der Waals surface area contributed by atoms with Crippen LogP contribution in [0.15, 0.2) is 6.07 Å². The predicted octanol–water partition coefficient (Wildman–Crippen LogP) is 4.85. The quantitative estimate of drug-likeness (QED) is 0.768. The summed E-state index contributed by atoms with van der Waals surface area (Å²) in [5.41, 5.74) is 0.641. The van der Waals surface area contributed by atoms with E-state index in [4.69, 9.17) is 4.74 Å². The van der Waals surface area contributed by atoms with Crippen molar-refractivity contribution in [1.82, 2.24) is 0 Å². The number of ether oxygens (including phenoxy) is 1. The second-order valence-corrected chi connectivity index (χ2v) is 8.78. The smallest absolute Gasteiger partial charge is 0.173 e. The van der Waals surface area contributed by atoms with Crippen molar-refractivity contribution in [2.75, 3.05) is 0 Å². The number of Topliss-reactive ketones (excluding diaryl/α,β-unsaturated/α-hetero) is 1. The highest BCUT2D eigenvalue weighted by Crippen LogP contribution is 2.56. The minimum Gasteiger partial charge on any atom is -0.507 e. The van der Waals surface area contributed by atoms with Gasteiger partial charge in [-0.1, -0.05) is 27.7 Å². The summed E-state index contributed by atoms with van der Waals surface area (Å²) in [5.74, 6) is 0.197. The Hall–Kier alpha value is -1.71. The van der Waals surface area contributed by atoms with Gasteiger partial charge >= 0.3 is 0 Å². The number of fused-ring (bicyclic) bond motifs is 2. The summed E-state index contributed by atoms with van der Waals surface area (Å²) < 4.78 is 6.43. The molecule has 1 aliphatic carbocycles. The molecule has 25 heavy (non-hydrogen) atoms. The van der Waals surface area contributed by atoms with Gasteiger partial charge in [-0.2, -0.15) is 0 Å². The van der Waals surface area contributed by atoms with Gasteiger partial charge in [-0.05, 0) is 44.4 Å². The fourth-order valence-corrected chi connectivity index (χ4v) is 4.77. The molecule has 0 aromatic heterocycles. The van der Waals surface area contributed by atoms with E-state index in [1.165, 1.54) is 6.07 Å². The van der Waals surface area contributed by atoms with E-state index < -0.39 is 0 Å². The van der Waals surface area contributed by atoms with Gasteiger partial charge in [0, 0.05) is 23.5 Å². The van der Waals surface area contributed by atoms with E-state index in [0.29, 0.717) is 24.2 Å². The molecule has 4 heteroatoms. The molecule has 1 aromatic carbocycles. The van der Waals surface area contributed by atoms with Gasteiger partial charge in [-0.3, -0.25) is 4.79 Å². The molecule has 1 aliphatic heterocycles. The maximum absolute atomic E-state index is 12.8. The summed E-state index contributed by atoms with van der Waals surface area (Å²) in [5, 5.41) is 20.8. The molecular weight excluding hydrogens is 316 g/mol. The first-order valence-electron chi connectivity index (χ1n) is 9.41. The Labute approximate surface area is 150 Å². The van der Waals surface area contributed by atoms with Crippen molar-refractivity contribution < 1.29 is 19.7 Å². The van der Waals surface area contributed by atoms with E-state index >= 15 is 0 Å². The average Bonchev–Trinajstić information content (AvgIpc) is 2.51. The lowest BCUT2D eigenvalue weighted by Crippen LogP contribution is -2.54. The molecule has 2 aliphatic rings. The van der Waals surface area contributed by atoms with Crippen molar-refractivity contribution in [3.05, 3.63) is 17.2 Å². The number of carbonyl (C=O) groups is 1. The van der Waals surface area contributed by atoms with Crippen LogP contribution < -0.4 is 4.74 Å². The van der Waals surface area contributed by atoms with Crippen molar-refractivity contribution in [3.63, 3.8) is 0 Å². The predicted molar refractivity (Wildman–Crippen MR) is 97.4 cm³/mol. The largest absolute Gasteiger partial charge is 0.507 e. The fraction of sp³-hybridized carbons (Fsp3) is 0.667. The van der Waals surface area contributed by atoms with Crippen LogP contribution in [-0.4, -0.2) is 21.6 Å². The highest BCUT2D eigenvalue weighted by Gasteiger charge is 2.52. The van der Waals surface area contributed by atoms with Crippen molar-refractivity contribution in [3.8, 4) is 17.2 Å². The monoisotopic (exact) mass is 346 g/mol. The van der Waals surface area contributed by atoms with Crippen molar-refractivity contribution in [1.29, 1.82) is 0 Å². The third-order valence-electron chi connectivity index (χ3n) is 6.56. The fourth-order valence-electron chi connectivity index (χ4n) is 4.77. The zero-order valence-corrected chi connectivity index (χ0v) is 16.0. The van der Waals surface area contributed by atoms with E-state index in [9.17, 15) is 15.0 Å². The number of phenolic OH excluding ortho intramolecular Hbond substituents is 2. The Kier molecular flexibility index (Phi) is 4.29. The van der Waals surface area contributed by atoms with Gasteiger partial charge in [0.25, 0.3) is 0 Å². The highest BCUT2D eigenvalue weighted by molar-refractivity contribution is 6.03. The van der Waals surface area contributed by atoms with Gasteiger partial charge in [0.1, 0.15) is 28.4 Å². The van der Waals surface area contributed by atoms with Gasteiger partial charge in [0.05, 0.1) is 0 Å². The van der Waals surface area contributed by atoms with E-state index in [2.05, 4.69) is 20.8 Å². The second-order valence-electron chi connectivity index (χ2n) is 8.78. The summed E-state index contributed by atoms with van der Waals surface area (Å²) >= 11 is 0. The molecule has 1 saturated carbocycles. The molecule has 4 nitrogen and oxygen atoms in total. The molecular formula is C21H30O4. The first-order valence-corrected chi connectivity index (χ1v) is 9.41. The third-order valence-corrected chi connectivity index (χ3v) is 6.56.